The second-order valence-corrected chi connectivity index (χ2v) is 6.21. The molecular formula is C20H23N3O2. The summed E-state index contributed by atoms with van der Waals surface area (Å²) >= 11 is 0. The smallest absolute Gasteiger partial charge is 0.329 e. The van der Waals surface area contributed by atoms with Crippen LogP contribution in [0, 0.1) is 6.92 Å². The number of nitrogens with zero attached hydrogens (tertiary/aromatic N) is 2. The second kappa shape index (κ2) is 7.38. The Hall–Kier alpha value is -2.82. The van der Waals surface area contributed by atoms with Crippen LogP contribution in [-0.4, -0.2) is 15.0 Å². The van der Waals surface area contributed by atoms with E-state index in [4.69, 9.17) is 0 Å². The Morgan fingerprint density at radius 3 is 2.32 bits per heavy atom. The number of carbonyl (C=O) groups excluding carboxylic acids is 1. The number of fused-ring (bicyclic) bond motifs is 1. The molecule has 3 rings (SSSR count). The van der Waals surface area contributed by atoms with Crippen LogP contribution in [0.1, 0.15) is 24.5 Å². The van der Waals surface area contributed by atoms with Gasteiger partial charge in [-0.2, -0.15) is 0 Å². The Kier molecular flexibility index (Phi) is 5.03. The molecule has 5 heteroatoms. The van der Waals surface area contributed by atoms with E-state index >= 15 is 0 Å². The van der Waals surface area contributed by atoms with Gasteiger partial charge in [0.05, 0.1) is 11.0 Å². The summed E-state index contributed by atoms with van der Waals surface area (Å²) in [5.41, 5.74) is 3.76. The lowest BCUT2D eigenvalue weighted by atomic mass is 10.1. The Morgan fingerprint density at radius 1 is 1.00 bits per heavy atom. The van der Waals surface area contributed by atoms with Gasteiger partial charge in [0.15, 0.2) is 0 Å². The molecule has 0 aliphatic rings. The molecule has 1 heterocycles. The predicted molar refractivity (Wildman–Crippen MR) is 99.5 cm³/mol. The van der Waals surface area contributed by atoms with Crippen molar-refractivity contribution >= 4 is 16.9 Å². The van der Waals surface area contributed by atoms with Crippen LogP contribution < -0.4 is 11.0 Å². The Balaban J connectivity index is 1.81. The van der Waals surface area contributed by atoms with E-state index in [1.807, 2.05) is 62.4 Å². The third-order valence-electron chi connectivity index (χ3n) is 4.41. The molecule has 0 unspecified atom stereocenters. The van der Waals surface area contributed by atoms with E-state index < -0.39 is 0 Å². The average molecular weight is 337 g/mol. The van der Waals surface area contributed by atoms with Crippen LogP contribution in [-0.2, 0) is 24.4 Å². The van der Waals surface area contributed by atoms with Gasteiger partial charge in [0.2, 0.25) is 5.91 Å². The molecule has 25 heavy (non-hydrogen) atoms. The summed E-state index contributed by atoms with van der Waals surface area (Å²) < 4.78 is 3.29. The van der Waals surface area contributed by atoms with Gasteiger partial charge in [0.1, 0.15) is 6.54 Å². The van der Waals surface area contributed by atoms with E-state index in [0.717, 1.165) is 28.6 Å². The van der Waals surface area contributed by atoms with Crippen molar-refractivity contribution in [3.63, 3.8) is 0 Å². The molecule has 0 saturated carbocycles. The highest BCUT2D eigenvalue weighted by Crippen LogP contribution is 2.13. The number of rotatable bonds is 6. The highest BCUT2D eigenvalue weighted by Gasteiger charge is 2.14. The van der Waals surface area contributed by atoms with Gasteiger partial charge in [-0.05, 0) is 36.6 Å². The van der Waals surface area contributed by atoms with Crippen molar-refractivity contribution in [3.05, 3.63) is 70.1 Å². The molecule has 0 bridgehead atoms. The average Bonchev–Trinajstić information content (AvgIpc) is 2.87. The highest BCUT2D eigenvalue weighted by atomic mass is 16.2. The van der Waals surface area contributed by atoms with Crippen molar-refractivity contribution < 1.29 is 4.79 Å². The summed E-state index contributed by atoms with van der Waals surface area (Å²) in [6.45, 7) is 5.20. The number of hydrogen-bond donors (Lipinski definition) is 1. The molecular weight excluding hydrogens is 314 g/mol. The van der Waals surface area contributed by atoms with Crippen molar-refractivity contribution in [2.45, 2.75) is 39.9 Å². The summed E-state index contributed by atoms with van der Waals surface area (Å²) in [7, 11) is 0. The summed E-state index contributed by atoms with van der Waals surface area (Å²) in [6.07, 6.45) is 0.868. The van der Waals surface area contributed by atoms with Gasteiger partial charge < -0.3 is 5.32 Å². The summed E-state index contributed by atoms with van der Waals surface area (Å²) in [5.74, 6) is -0.162. The van der Waals surface area contributed by atoms with E-state index in [2.05, 4.69) is 5.32 Å². The Labute approximate surface area is 146 Å². The third-order valence-corrected chi connectivity index (χ3v) is 4.41. The largest absolute Gasteiger partial charge is 0.350 e. The maximum absolute atomic E-state index is 12.7. The Morgan fingerprint density at radius 2 is 1.64 bits per heavy atom. The molecule has 0 aliphatic heterocycles. The maximum atomic E-state index is 12.7. The van der Waals surface area contributed by atoms with Crippen LogP contribution in [0.4, 0.5) is 0 Å². The van der Waals surface area contributed by atoms with Crippen LogP contribution in [0.5, 0.6) is 0 Å². The quantitative estimate of drug-likeness (QED) is 0.752. The SMILES string of the molecule is CCCn1c(=O)n(CC(=O)NCc2ccccc2C)c2ccccc21. The van der Waals surface area contributed by atoms with Crippen LogP contribution in [0.2, 0.25) is 0 Å². The molecule has 0 saturated heterocycles. The minimum Gasteiger partial charge on any atom is -0.350 e. The number of benzene rings is 2. The molecule has 2 aromatic carbocycles. The monoisotopic (exact) mass is 337 g/mol. The molecule has 130 valence electrons. The first kappa shape index (κ1) is 17.0. The van der Waals surface area contributed by atoms with Crippen molar-refractivity contribution in [2.24, 2.45) is 0 Å². The normalized spacial score (nSPS) is 11.0. The first-order valence-corrected chi connectivity index (χ1v) is 8.61. The minimum absolute atomic E-state index is 0.0297. The predicted octanol–water partition coefficient (Wildman–Crippen LogP) is 2.84. The van der Waals surface area contributed by atoms with E-state index in [0.29, 0.717) is 13.1 Å². The van der Waals surface area contributed by atoms with Gasteiger partial charge in [-0.1, -0.05) is 43.3 Å². The van der Waals surface area contributed by atoms with Gasteiger partial charge >= 0.3 is 5.69 Å². The topological polar surface area (TPSA) is 56.0 Å². The van der Waals surface area contributed by atoms with Crippen molar-refractivity contribution in [1.82, 2.24) is 14.5 Å². The molecule has 0 atom stereocenters. The number of para-hydroxylation sites is 2. The fourth-order valence-corrected chi connectivity index (χ4v) is 3.07. The lowest BCUT2D eigenvalue weighted by Crippen LogP contribution is -2.33. The zero-order chi connectivity index (χ0) is 17.8. The van der Waals surface area contributed by atoms with E-state index in [9.17, 15) is 9.59 Å². The van der Waals surface area contributed by atoms with Gasteiger partial charge in [0.25, 0.3) is 0 Å². The van der Waals surface area contributed by atoms with Crippen molar-refractivity contribution in [1.29, 1.82) is 0 Å². The highest BCUT2D eigenvalue weighted by molar-refractivity contribution is 5.81. The lowest BCUT2D eigenvalue weighted by molar-refractivity contribution is -0.121. The number of aromatic nitrogens is 2. The molecule has 0 aliphatic carbocycles. The van der Waals surface area contributed by atoms with Crippen LogP contribution in [0.3, 0.4) is 0 Å². The first-order chi connectivity index (χ1) is 12.1. The standard InChI is InChI=1S/C20H23N3O2/c1-3-12-22-17-10-6-7-11-18(17)23(20(22)25)14-19(24)21-13-16-9-5-4-8-15(16)2/h4-11H,3,12-14H2,1-2H3,(H,21,24). The molecule has 0 radical (unpaired) electrons. The summed E-state index contributed by atoms with van der Waals surface area (Å²) in [6, 6.07) is 15.6. The lowest BCUT2D eigenvalue weighted by Gasteiger charge is -2.08. The molecule has 1 amide bonds. The number of imidazole rings is 1. The summed E-state index contributed by atoms with van der Waals surface area (Å²) in [4.78, 5) is 25.1. The molecule has 1 N–H and O–H groups in total. The van der Waals surface area contributed by atoms with Gasteiger partial charge in [-0.3, -0.25) is 13.9 Å². The minimum atomic E-state index is -0.162. The molecule has 0 fully saturated rings. The first-order valence-electron chi connectivity index (χ1n) is 8.61. The third kappa shape index (κ3) is 3.50. The van der Waals surface area contributed by atoms with E-state index in [1.165, 1.54) is 0 Å². The second-order valence-electron chi connectivity index (χ2n) is 6.21. The Bertz CT molecular complexity index is 953. The number of aryl methyl sites for hydroxylation is 2. The zero-order valence-electron chi connectivity index (χ0n) is 14.7. The van der Waals surface area contributed by atoms with Gasteiger partial charge in [0, 0.05) is 13.1 Å². The molecule has 1 aromatic heterocycles. The maximum Gasteiger partial charge on any atom is 0.329 e. The number of hydrogen-bond acceptors (Lipinski definition) is 2. The fourth-order valence-electron chi connectivity index (χ4n) is 3.07. The number of amides is 1. The van der Waals surface area contributed by atoms with Crippen LogP contribution in [0.15, 0.2) is 53.3 Å². The van der Waals surface area contributed by atoms with E-state index in [-0.39, 0.29) is 18.1 Å². The fraction of sp³-hybridized carbons (Fsp3) is 0.300. The molecule has 3 aromatic rings. The van der Waals surface area contributed by atoms with E-state index in [1.54, 1.807) is 9.13 Å². The van der Waals surface area contributed by atoms with Crippen molar-refractivity contribution in [3.8, 4) is 0 Å². The number of nitrogens with one attached hydrogen (secondary N) is 1. The van der Waals surface area contributed by atoms with Crippen LogP contribution in [0.25, 0.3) is 11.0 Å². The number of carbonyl (C=O) groups is 1. The molecule has 0 spiro atoms. The van der Waals surface area contributed by atoms with Crippen molar-refractivity contribution in [2.75, 3.05) is 0 Å². The summed E-state index contributed by atoms with van der Waals surface area (Å²) in [5, 5.41) is 2.91. The van der Waals surface area contributed by atoms with Gasteiger partial charge in [-0.15, -0.1) is 0 Å². The molecule has 5 nitrogen and oxygen atoms in total. The van der Waals surface area contributed by atoms with Crippen LogP contribution >= 0.6 is 0 Å². The zero-order valence-corrected chi connectivity index (χ0v) is 14.7. The van der Waals surface area contributed by atoms with Gasteiger partial charge in [-0.25, -0.2) is 4.79 Å².